The minimum Gasteiger partial charge on any atom is -0.315 e. The molecule has 3 heterocycles. The van der Waals surface area contributed by atoms with E-state index in [4.69, 9.17) is 16.6 Å². The Balaban J connectivity index is 1.59. The normalized spacial score (nSPS) is 11.4. The van der Waals surface area contributed by atoms with Gasteiger partial charge in [0.15, 0.2) is 16.3 Å². The van der Waals surface area contributed by atoms with Crippen LogP contribution in [0.4, 0.5) is 5.13 Å². The van der Waals surface area contributed by atoms with E-state index in [2.05, 4.69) is 4.98 Å². The predicted molar refractivity (Wildman–Crippen MR) is 137 cm³/mol. The van der Waals surface area contributed by atoms with E-state index in [9.17, 15) is 14.4 Å². The Hall–Kier alpha value is -3.76. The number of carbonyl (C=O) groups excluding carboxylic acids is 1. The van der Waals surface area contributed by atoms with Crippen molar-refractivity contribution in [3.8, 4) is 0 Å². The molecule has 5 rings (SSSR count). The van der Waals surface area contributed by atoms with Gasteiger partial charge >= 0.3 is 5.69 Å². The van der Waals surface area contributed by atoms with Crippen LogP contribution in [0.15, 0.2) is 58.4 Å². The molecule has 11 heteroatoms. The second kappa shape index (κ2) is 8.79. The lowest BCUT2D eigenvalue weighted by atomic mass is 10.2. The third-order valence-corrected chi connectivity index (χ3v) is 7.12. The van der Waals surface area contributed by atoms with Crippen molar-refractivity contribution >= 4 is 55.4 Å². The molecule has 0 saturated carbocycles. The first-order chi connectivity index (χ1) is 16.7. The van der Waals surface area contributed by atoms with Gasteiger partial charge in [0.05, 0.1) is 23.1 Å². The molecule has 35 heavy (non-hydrogen) atoms. The molecule has 0 spiro atoms. The zero-order valence-corrected chi connectivity index (χ0v) is 20.8. The van der Waals surface area contributed by atoms with Crippen LogP contribution in [0.2, 0.25) is 5.02 Å². The summed E-state index contributed by atoms with van der Waals surface area (Å²) in [5, 5.41) is 1.14. The highest BCUT2D eigenvalue weighted by atomic mass is 35.5. The Kier molecular flexibility index (Phi) is 5.78. The summed E-state index contributed by atoms with van der Waals surface area (Å²) in [5.74, 6) is -0.271. The minimum atomic E-state index is -0.506. The van der Waals surface area contributed by atoms with E-state index in [1.807, 2.05) is 49.4 Å². The lowest BCUT2D eigenvalue weighted by Crippen LogP contribution is -2.38. The van der Waals surface area contributed by atoms with Crippen LogP contribution in [-0.2, 0) is 32.0 Å². The summed E-state index contributed by atoms with van der Waals surface area (Å²) >= 11 is 7.62. The van der Waals surface area contributed by atoms with Gasteiger partial charge < -0.3 is 4.57 Å². The number of aromatic nitrogens is 5. The van der Waals surface area contributed by atoms with Crippen LogP contribution >= 0.6 is 22.9 Å². The van der Waals surface area contributed by atoms with E-state index in [0.29, 0.717) is 16.7 Å². The highest BCUT2D eigenvalue weighted by molar-refractivity contribution is 7.22. The van der Waals surface area contributed by atoms with Gasteiger partial charge in [-0.2, -0.15) is 0 Å². The van der Waals surface area contributed by atoms with Crippen LogP contribution in [0, 0.1) is 6.92 Å². The predicted octanol–water partition coefficient (Wildman–Crippen LogP) is 3.24. The number of hydrogen-bond acceptors (Lipinski definition) is 6. The topological polar surface area (TPSA) is 95.0 Å². The summed E-state index contributed by atoms with van der Waals surface area (Å²) < 4.78 is 4.66. The summed E-state index contributed by atoms with van der Waals surface area (Å²) in [6.45, 7) is 2.08. The van der Waals surface area contributed by atoms with Gasteiger partial charge in [0.25, 0.3) is 5.56 Å². The van der Waals surface area contributed by atoms with Gasteiger partial charge in [0, 0.05) is 19.1 Å². The summed E-state index contributed by atoms with van der Waals surface area (Å²) in [5.41, 5.74) is 2.08. The first kappa shape index (κ1) is 23.0. The largest absolute Gasteiger partial charge is 0.332 e. The Labute approximate surface area is 208 Å². The molecule has 3 aromatic heterocycles. The van der Waals surface area contributed by atoms with Gasteiger partial charge in [-0.05, 0) is 30.2 Å². The third kappa shape index (κ3) is 4.04. The number of nitrogens with zero attached hydrogens (tertiary/aromatic N) is 6. The third-order valence-electron chi connectivity index (χ3n) is 5.88. The maximum absolute atomic E-state index is 13.7. The summed E-state index contributed by atoms with van der Waals surface area (Å²) in [7, 11) is 2.94. The summed E-state index contributed by atoms with van der Waals surface area (Å²) in [4.78, 5) is 49.3. The van der Waals surface area contributed by atoms with E-state index in [1.54, 1.807) is 11.9 Å². The van der Waals surface area contributed by atoms with E-state index >= 15 is 0 Å². The van der Waals surface area contributed by atoms with Crippen LogP contribution in [0.3, 0.4) is 0 Å². The number of hydrogen-bond donors (Lipinski definition) is 0. The number of aryl methyl sites for hydroxylation is 2. The molecule has 178 valence electrons. The van der Waals surface area contributed by atoms with E-state index in [0.717, 1.165) is 25.9 Å². The number of anilines is 1. The molecule has 0 fully saturated rings. The average molecular weight is 509 g/mol. The van der Waals surface area contributed by atoms with Crippen molar-refractivity contribution in [2.24, 2.45) is 14.1 Å². The number of benzene rings is 2. The average Bonchev–Trinajstić information content (AvgIpc) is 3.45. The molecule has 0 radical (unpaired) electrons. The van der Waals surface area contributed by atoms with Gasteiger partial charge in [-0.1, -0.05) is 53.3 Å². The van der Waals surface area contributed by atoms with Crippen molar-refractivity contribution in [3.63, 3.8) is 0 Å². The molecule has 0 N–H and O–H groups in total. The van der Waals surface area contributed by atoms with Crippen molar-refractivity contribution in [2.75, 3.05) is 4.90 Å². The molecule has 0 aliphatic rings. The maximum Gasteiger partial charge on any atom is 0.332 e. The fourth-order valence-corrected chi connectivity index (χ4v) is 5.47. The minimum absolute atomic E-state index is 0.146. The summed E-state index contributed by atoms with van der Waals surface area (Å²) in [6.07, 6.45) is 1.41. The lowest BCUT2D eigenvalue weighted by molar-refractivity contribution is -0.119. The number of imidazole rings is 1. The number of halogens is 1. The highest BCUT2D eigenvalue weighted by Crippen LogP contribution is 2.34. The van der Waals surface area contributed by atoms with Crippen molar-refractivity contribution in [3.05, 3.63) is 85.8 Å². The quantitative estimate of drug-likeness (QED) is 0.363. The Bertz CT molecular complexity index is 1720. The zero-order valence-electron chi connectivity index (χ0n) is 19.2. The molecule has 0 saturated heterocycles. The van der Waals surface area contributed by atoms with Crippen molar-refractivity contribution in [2.45, 2.75) is 20.0 Å². The molecular weight excluding hydrogens is 488 g/mol. The van der Waals surface area contributed by atoms with Crippen molar-refractivity contribution in [1.82, 2.24) is 23.7 Å². The van der Waals surface area contributed by atoms with Crippen LogP contribution in [-0.4, -0.2) is 29.6 Å². The van der Waals surface area contributed by atoms with Crippen LogP contribution in [0.1, 0.15) is 11.1 Å². The van der Waals surface area contributed by atoms with Gasteiger partial charge in [-0.3, -0.25) is 23.6 Å². The molecule has 5 aromatic rings. The summed E-state index contributed by atoms with van der Waals surface area (Å²) in [6, 6.07) is 13.3. The molecule has 0 aliphatic carbocycles. The molecule has 0 atom stereocenters. The first-order valence-corrected chi connectivity index (χ1v) is 12.0. The monoisotopic (exact) mass is 508 g/mol. The van der Waals surface area contributed by atoms with Crippen molar-refractivity contribution in [1.29, 1.82) is 0 Å². The number of rotatable bonds is 5. The Morgan fingerprint density at radius 3 is 2.60 bits per heavy atom. The molecule has 0 unspecified atom stereocenters. The number of amides is 1. The molecule has 2 aromatic carbocycles. The van der Waals surface area contributed by atoms with Crippen LogP contribution < -0.4 is 16.1 Å². The van der Waals surface area contributed by atoms with Gasteiger partial charge in [-0.15, -0.1) is 0 Å². The molecule has 0 bridgehead atoms. The highest BCUT2D eigenvalue weighted by Gasteiger charge is 2.23. The van der Waals surface area contributed by atoms with Crippen molar-refractivity contribution < 1.29 is 4.79 Å². The Morgan fingerprint density at radius 1 is 1.11 bits per heavy atom. The van der Waals surface area contributed by atoms with Gasteiger partial charge in [0.2, 0.25) is 5.91 Å². The fraction of sp³-hybridized carbons (Fsp3) is 0.208. The number of carbonyl (C=O) groups is 1. The molecule has 1 amide bonds. The zero-order chi connectivity index (χ0) is 24.9. The molecule has 9 nitrogen and oxygen atoms in total. The van der Waals surface area contributed by atoms with E-state index < -0.39 is 11.2 Å². The maximum atomic E-state index is 13.7. The second-order valence-corrected chi connectivity index (χ2v) is 9.73. The molecule has 0 aliphatic heterocycles. The van der Waals surface area contributed by atoms with Crippen LogP contribution in [0.5, 0.6) is 0 Å². The number of thiazole rings is 1. The first-order valence-electron chi connectivity index (χ1n) is 10.8. The number of fused-ring (bicyclic) bond motifs is 2. The smallest absolute Gasteiger partial charge is 0.315 e. The van der Waals surface area contributed by atoms with Gasteiger partial charge in [0.1, 0.15) is 6.54 Å². The second-order valence-electron chi connectivity index (χ2n) is 8.28. The molecular formula is C24H21ClN6O3S. The SMILES string of the molecule is Cc1cc(Cl)cc2sc(N(Cc3ccccc3)C(=O)Cn3cnc4c3c(=O)n(C)c(=O)n4C)nc12. The lowest BCUT2D eigenvalue weighted by Gasteiger charge is -2.20. The van der Waals surface area contributed by atoms with Crippen LogP contribution in [0.25, 0.3) is 21.4 Å². The fourth-order valence-electron chi connectivity index (χ4n) is 4.03. The van der Waals surface area contributed by atoms with E-state index in [-0.39, 0.29) is 23.6 Å². The Morgan fingerprint density at radius 2 is 1.86 bits per heavy atom. The van der Waals surface area contributed by atoms with Gasteiger partial charge in [-0.25, -0.2) is 14.8 Å². The van der Waals surface area contributed by atoms with E-state index in [1.165, 1.54) is 33.8 Å². The standard InChI is InChI=1S/C24H21ClN6O3S/c1-14-9-16(25)10-17-19(14)27-23(35-17)31(11-15-7-5-4-6-8-15)18(32)12-30-13-26-21-20(30)22(33)29(3)24(34)28(21)2/h4-10,13H,11-12H2,1-3H3.